The summed E-state index contributed by atoms with van der Waals surface area (Å²) in [6, 6.07) is 95.4. The molecule has 0 radical (unpaired) electrons. The number of fused-ring (bicyclic) bond motifs is 6. The number of hydrogen-bond acceptors (Lipinski definition) is 4. The lowest BCUT2D eigenvalue weighted by atomic mass is 9.98. The standard InChI is InChI=1S/C83H49F3N8/c1-87-62-44-60(43-61(49-62)83(84,85)86)67-50-82(94-79-47-58(74-33-17-29-70(91-74)54-23-11-5-12-24-54)37-41-65(79)66-42-38-59(48-80(66)94)75-34-18-30-71(92-75)55-25-13-6-14-26-55)76(88-2)51-81(67)93-77-45-56(72-31-15-27-68(89-72)52-19-7-3-8-20-52)35-39-63(77)64-40-36-57(46-78(64)93)73-32-16-28-69(90-73)53-21-9-4-10-22-53/h3-51H. The third-order valence-electron chi connectivity index (χ3n) is 17.4. The van der Waals surface area contributed by atoms with E-state index in [2.05, 4.69) is 58.2 Å². The number of halogens is 3. The summed E-state index contributed by atoms with van der Waals surface area (Å²) in [7, 11) is 0. The summed E-state index contributed by atoms with van der Waals surface area (Å²) in [5, 5.41) is 3.42. The van der Waals surface area contributed by atoms with E-state index in [4.69, 9.17) is 26.5 Å². The van der Waals surface area contributed by atoms with E-state index >= 15 is 13.2 Å². The number of pyridine rings is 4. The Morgan fingerprint density at radius 2 is 0.596 bits per heavy atom. The van der Waals surface area contributed by atoms with E-state index in [9.17, 15) is 6.57 Å². The van der Waals surface area contributed by atoms with Crippen LogP contribution < -0.4 is 0 Å². The van der Waals surface area contributed by atoms with Crippen LogP contribution in [0.5, 0.6) is 0 Å². The highest BCUT2D eigenvalue weighted by Crippen LogP contribution is 2.47. The van der Waals surface area contributed by atoms with Crippen molar-refractivity contribution in [1.29, 1.82) is 0 Å². The molecule has 11 heteroatoms. The Bertz CT molecular complexity index is 5470. The van der Waals surface area contributed by atoms with Gasteiger partial charge in [-0.2, -0.15) is 13.2 Å². The fourth-order valence-electron chi connectivity index (χ4n) is 12.9. The van der Waals surface area contributed by atoms with Gasteiger partial charge in [0.05, 0.1) is 86.4 Å². The summed E-state index contributed by atoms with van der Waals surface area (Å²) in [6.45, 7) is 17.6. The molecule has 0 spiro atoms. The van der Waals surface area contributed by atoms with Crippen LogP contribution in [-0.2, 0) is 6.18 Å². The van der Waals surface area contributed by atoms with Crippen molar-refractivity contribution in [2.45, 2.75) is 6.18 Å². The van der Waals surface area contributed by atoms with Crippen LogP contribution in [0.25, 0.3) is 166 Å². The van der Waals surface area contributed by atoms with Crippen LogP contribution in [0.1, 0.15) is 5.56 Å². The van der Waals surface area contributed by atoms with E-state index in [1.165, 1.54) is 6.07 Å². The summed E-state index contributed by atoms with van der Waals surface area (Å²) >= 11 is 0. The fraction of sp³-hybridized carbons (Fsp3) is 0.0120. The summed E-state index contributed by atoms with van der Waals surface area (Å²) in [5.74, 6) is 0. The summed E-state index contributed by atoms with van der Waals surface area (Å²) in [5.41, 5.74) is 16.1. The molecule has 0 aliphatic heterocycles. The highest BCUT2D eigenvalue weighted by molar-refractivity contribution is 6.14. The van der Waals surface area contributed by atoms with Crippen molar-refractivity contribution in [2.24, 2.45) is 0 Å². The van der Waals surface area contributed by atoms with E-state index < -0.39 is 11.7 Å². The fourth-order valence-corrected chi connectivity index (χ4v) is 12.9. The van der Waals surface area contributed by atoms with Crippen LogP contribution in [0.2, 0.25) is 0 Å². The van der Waals surface area contributed by atoms with Gasteiger partial charge in [0.25, 0.3) is 0 Å². The normalized spacial score (nSPS) is 11.5. The molecule has 8 nitrogen and oxygen atoms in total. The molecule has 0 saturated heterocycles. The molecule has 0 saturated carbocycles. The Morgan fingerprint density at radius 1 is 0.277 bits per heavy atom. The average Bonchev–Trinajstić information content (AvgIpc) is 1.55. The molecule has 0 unspecified atom stereocenters. The zero-order valence-corrected chi connectivity index (χ0v) is 50.0. The minimum atomic E-state index is -4.83. The molecule has 0 fully saturated rings. The van der Waals surface area contributed by atoms with Gasteiger partial charge in [0.2, 0.25) is 5.69 Å². The van der Waals surface area contributed by atoms with E-state index in [0.29, 0.717) is 50.7 Å². The zero-order valence-electron chi connectivity index (χ0n) is 50.0. The van der Waals surface area contributed by atoms with Crippen LogP contribution in [0.4, 0.5) is 24.5 Å². The zero-order chi connectivity index (χ0) is 63.4. The van der Waals surface area contributed by atoms with Crippen LogP contribution >= 0.6 is 0 Å². The van der Waals surface area contributed by atoms with E-state index in [-0.39, 0.29) is 16.9 Å². The summed E-state index contributed by atoms with van der Waals surface area (Å²) in [4.78, 5) is 28.8. The maximum absolute atomic E-state index is 15.5. The number of benzene rings is 10. The molecule has 0 amide bonds. The Morgan fingerprint density at radius 3 is 0.904 bits per heavy atom. The highest BCUT2D eigenvalue weighted by Gasteiger charge is 2.32. The largest absolute Gasteiger partial charge is 0.415 e. The van der Waals surface area contributed by atoms with E-state index in [1.807, 2.05) is 234 Å². The third-order valence-corrected chi connectivity index (χ3v) is 17.4. The molecule has 16 aromatic rings. The molecule has 0 bridgehead atoms. The molecule has 0 atom stereocenters. The van der Waals surface area contributed by atoms with Crippen LogP contribution in [0.15, 0.2) is 297 Å². The maximum Gasteiger partial charge on any atom is 0.415 e. The van der Waals surface area contributed by atoms with Crippen LogP contribution in [0, 0.1) is 13.1 Å². The monoisotopic (exact) mass is 1210 g/mol. The molecule has 16 rings (SSSR count). The van der Waals surface area contributed by atoms with Crippen molar-refractivity contribution in [3.05, 3.63) is 326 Å². The molecular weight excluding hydrogens is 1170 g/mol. The Kier molecular flexibility index (Phi) is 13.9. The van der Waals surface area contributed by atoms with Crippen LogP contribution in [0.3, 0.4) is 0 Å². The maximum atomic E-state index is 15.5. The molecule has 94 heavy (non-hydrogen) atoms. The van der Waals surface area contributed by atoms with E-state index in [0.717, 1.165) is 112 Å². The lowest BCUT2D eigenvalue weighted by Gasteiger charge is -2.20. The van der Waals surface area contributed by atoms with Gasteiger partial charge in [-0.15, -0.1) is 0 Å². The van der Waals surface area contributed by atoms with Gasteiger partial charge >= 0.3 is 6.18 Å². The topological polar surface area (TPSA) is 70.1 Å². The van der Waals surface area contributed by atoms with Gasteiger partial charge in [-0.1, -0.05) is 194 Å². The first-order chi connectivity index (χ1) is 46.1. The number of nitrogens with zero attached hydrogens (tertiary/aromatic N) is 8. The molecule has 0 aliphatic carbocycles. The van der Waals surface area contributed by atoms with Crippen molar-refractivity contribution in [1.82, 2.24) is 29.1 Å². The number of rotatable bonds is 11. The van der Waals surface area contributed by atoms with Gasteiger partial charge in [0, 0.05) is 82.9 Å². The van der Waals surface area contributed by atoms with Gasteiger partial charge in [-0.3, -0.25) is 0 Å². The summed E-state index contributed by atoms with van der Waals surface area (Å²) < 4.78 is 50.5. The molecule has 6 aromatic heterocycles. The van der Waals surface area contributed by atoms with Crippen molar-refractivity contribution >= 4 is 55.0 Å². The molecule has 442 valence electrons. The number of hydrogen-bond donors (Lipinski definition) is 0. The Balaban J connectivity index is 0.994. The first-order valence-electron chi connectivity index (χ1n) is 30.5. The van der Waals surface area contributed by atoms with Gasteiger partial charge < -0.3 is 9.13 Å². The minimum absolute atomic E-state index is 0.122. The number of alkyl halides is 3. The predicted molar refractivity (Wildman–Crippen MR) is 373 cm³/mol. The first-order valence-corrected chi connectivity index (χ1v) is 30.5. The third kappa shape index (κ3) is 10.3. The predicted octanol–water partition coefficient (Wildman–Crippen LogP) is 22.6. The van der Waals surface area contributed by atoms with Gasteiger partial charge in [-0.05, 0) is 109 Å². The SMILES string of the molecule is [C-]#[N+]c1cc(-c2cc(-n3c4cc(-c5cccc(-c6ccccc6)n5)ccc4c4ccc(-c5cccc(-c6ccccc6)n5)cc43)c([N+]#[C-])cc2-n2c3cc(-c4cccc(-c5ccccc5)n4)ccc3c3ccc(-c4cccc(-c5ccccc5)n4)cc32)cc(C(F)(F)F)c1. The Hall–Kier alpha value is -12.8. The quantitative estimate of drug-likeness (QED) is 0.121. The molecule has 6 heterocycles. The second-order valence-electron chi connectivity index (χ2n) is 23.0. The molecule has 0 aliphatic rings. The lowest BCUT2D eigenvalue weighted by molar-refractivity contribution is -0.137. The summed E-state index contributed by atoms with van der Waals surface area (Å²) in [6.07, 6.45) is -4.83. The van der Waals surface area contributed by atoms with Gasteiger partial charge in [-0.25, -0.2) is 29.6 Å². The van der Waals surface area contributed by atoms with Crippen LogP contribution in [-0.4, -0.2) is 29.1 Å². The first kappa shape index (κ1) is 56.4. The van der Waals surface area contributed by atoms with Crippen molar-refractivity contribution in [3.63, 3.8) is 0 Å². The molecular formula is C83H49F3N8. The van der Waals surface area contributed by atoms with E-state index in [1.54, 1.807) is 6.07 Å². The van der Waals surface area contributed by atoms with Crippen molar-refractivity contribution in [3.8, 4) is 113 Å². The smallest absolute Gasteiger partial charge is 0.319 e. The average molecular weight is 1220 g/mol. The molecule has 10 aromatic carbocycles. The lowest BCUT2D eigenvalue weighted by Crippen LogP contribution is -2.06. The highest BCUT2D eigenvalue weighted by atomic mass is 19.4. The Labute approximate surface area is 538 Å². The van der Waals surface area contributed by atoms with Crippen molar-refractivity contribution < 1.29 is 13.2 Å². The van der Waals surface area contributed by atoms with Crippen molar-refractivity contribution in [2.75, 3.05) is 0 Å². The van der Waals surface area contributed by atoms with Gasteiger partial charge in [0.15, 0.2) is 5.69 Å². The second kappa shape index (κ2) is 23.2. The number of aromatic nitrogens is 6. The minimum Gasteiger partial charge on any atom is -0.319 e. The second-order valence-corrected chi connectivity index (χ2v) is 23.0. The van der Waals surface area contributed by atoms with Gasteiger partial charge in [0.1, 0.15) is 0 Å². The molecule has 0 N–H and O–H groups in total.